The first-order valence-electron chi connectivity index (χ1n) is 6.13. The monoisotopic (exact) mass is 252 g/mol. The number of aromatic carboxylic acids is 1. The van der Waals surface area contributed by atoms with Gasteiger partial charge in [-0.25, -0.2) is 9.78 Å². The standard InChI is InChI=1S/C13H20N2O3/c1-3-4-6-10(9-18-2)14-12-8-5-7-11(15-12)13(16)17/h5,7-8,10H,3-4,6,9H2,1-2H3,(H,14,15)(H,16,17). The van der Waals surface area contributed by atoms with Crippen molar-refractivity contribution in [2.24, 2.45) is 0 Å². The highest BCUT2D eigenvalue weighted by atomic mass is 16.5. The van der Waals surface area contributed by atoms with E-state index < -0.39 is 5.97 Å². The van der Waals surface area contributed by atoms with E-state index >= 15 is 0 Å². The van der Waals surface area contributed by atoms with Crippen LogP contribution in [0.2, 0.25) is 0 Å². The number of nitrogens with one attached hydrogen (secondary N) is 1. The molecular formula is C13H20N2O3. The Balaban J connectivity index is 2.67. The number of hydrogen-bond donors (Lipinski definition) is 2. The van der Waals surface area contributed by atoms with Crippen LogP contribution in [0.3, 0.4) is 0 Å². The van der Waals surface area contributed by atoms with Gasteiger partial charge in [-0.05, 0) is 18.6 Å². The Hall–Kier alpha value is -1.62. The molecule has 2 N–H and O–H groups in total. The molecule has 1 aromatic heterocycles. The highest BCUT2D eigenvalue weighted by Crippen LogP contribution is 2.10. The van der Waals surface area contributed by atoms with E-state index in [1.54, 1.807) is 19.2 Å². The van der Waals surface area contributed by atoms with Crippen molar-refractivity contribution in [2.75, 3.05) is 19.0 Å². The molecule has 0 spiro atoms. The second-order valence-corrected chi connectivity index (χ2v) is 4.15. The molecule has 1 unspecified atom stereocenters. The number of aromatic nitrogens is 1. The average Bonchev–Trinajstić information content (AvgIpc) is 2.36. The predicted molar refractivity (Wildman–Crippen MR) is 70.0 cm³/mol. The van der Waals surface area contributed by atoms with Crippen molar-refractivity contribution in [1.29, 1.82) is 0 Å². The molecule has 1 heterocycles. The molecular weight excluding hydrogens is 232 g/mol. The van der Waals surface area contributed by atoms with Gasteiger partial charge >= 0.3 is 5.97 Å². The van der Waals surface area contributed by atoms with Crippen molar-refractivity contribution in [2.45, 2.75) is 32.2 Å². The lowest BCUT2D eigenvalue weighted by molar-refractivity contribution is 0.0690. The Bertz CT molecular complexity index is 382. The van der Waals surface area contributed by atoms with E-state index in [-0.39, 0.29) is 11.7 Å². The minimum absolute atomic E-state index is 0.0478. The number of carboxylic acids is 1. The van der Waals surface area contributed by atoms with E-state index in [0.29, 0.717) is 12.4 Å². The molecule has 5 nitrogen and oxygen atoms in total. The number of pyridine rings is 1. The zero-order valence-corrected chi connectivity index (χ0v) is 10.8. The zero-order chi connectivity index (χ0) is 13.4. The summed E-state index contributed by atoms with van der Waals surface area (Å²) in [5.74, 6) is -0.441. The predicted octanol–water partition coefficient (Wildman–Crippen LogP) is 2.40. The zero-order valence-electron chi connectivity index (χ0n) is 10.8. The summed E-state index contributed by atoms with van der Waals surface area (Å²) in [5.41, 5.74) is 0.0478. The van der Waals surface area contributed by atoms with Crippen molar-refractivity contribution in [3.63, 3.8) is 0 Å². The van der Waals surface area contributed by atoms with Gasteiger partial charge in [0.25, 0.3) is 0 Å². The Morgan fingerprint density at radius 1 is 1.56 bits per heavy atom. The summed E-state index contributed by atoms with van der Waals surface area (Å²) in [5, 5.41) is 12.1. The van der Waals surface area contributed by atoms with Gasteiger partial charge in [0.15, 0.2) is 5.69 Å². The van der Waals surface area contributed by atoms with Crippen LogP contribution < -0.4 is 5.32 Å². The lowest BCUT2D eigenvalue weighted by atomic mass is 10.1. The maximum Gasteiger partial charge on any atom is 0.354 e. The first-order valence-corrected chi connectivity index (χ1v) is 6.13. The van der Waals surface area contributed by atoms with E-state index in [0.717, 1.165) is 19.3 Å². The molecule has 0 saturated heterocycles. The number of carbonyl (C=O) groups is 1. The van der Waals surface area contributed by atoms with Gasteiger partial charge in [0.2, 0.25) is 0 Å². The van der Waals surface area contributed by atoms with E-state index in [1.807, 2.05) is 0 Å². The number of nitrogens with zero attached hydrogens (tertiary/aromatic N) is 1. The highest BCUT2D eigenvalue weighted by Gasteiger charge is 2.10. The van der Waals surface area contributed by atoms with Gasteiger partial charge in [0, 0.05) is 7.11 Å². The second kappa shape index (κ2) is 7.66. The van der Waals surface area contributed by atoms with Crippen molar-refractivity contribution in [3.8, 4) is 0 Å². The van der Waals surface area contributed by atoms with E-state index in [9.17, 15) is 4.79 Å². The van der Waals surface area contributed by atoms with Crippen LogP contribution in [0.1, 0.15) is 36.7 Å². The van der Waals surface area contributed by atoms with Crippen molar-refractivity contribution in [1.82, 2.24) is 4.98 Å². The quantitative estimate of drug-likeness (QED) is 0.743. The molecule has 1 aromatic rings. The second-order valence-electron chi connectivity index (χ2n) is 4.15. The summed E-state index contributed by atoms with van der Waals surface area (Å²) in [7, 11) is 1.65. The summed E-state index contributed by atoms with van der Waals surface area (Å²) in [6.07, 6.45) is 3.19. The third kappa shape index (κ3) is 4.71. The molecule has 0 saturated carbocycles. The van der Waals surface area contributed by atoms with Crippen LogP contribution in [-0.2, 0) is 4.74 Å². The summed E-state index contributed by atoms with van der Waals surface area (Å²) < 4.78 is 5.14. The lowest BCUT2D eigenvalue weighted by Crippen LogP contribution is -2.25. The SMILES string of the molecule is CCCCC(COC)Nc1cccc(C(=O)O)n1. The molecule has 0 aromatic carbocycles. The summed E-state index contributed by atoms with van der Waals surface area (Å²) in [6, 6.07) is 5.08. The fraction of sp³-hybridized carbons (Fsp3) is 0.538. The van der Waals surface area contributed by atoms with E-state index in [1.165, 1.54) is 6.07 Å². The van der Waals surface area contributed by atoms with Crippen LogP contribution in [0.4, 0.5) is 5.82 Å². The smallest absolute Gasteiger partial charge is 0.354 e. The molecule has 0 aliphatic carbocycles. The Labute approximate surface area is 107 Å². The largest absolute Gasteiger partial charge is 0.477 e. The molecule has 100 valence electrons. The Kier molecular flexibility index (Phi) is 6.14. The van der Waals surface area contributed by atoms with Gasteiger partial charge in [0.05, 0.1) is 12.6 Å². The number of methoxy groups -OCH3 is 1. The van der Waals surface area contributed by atoms with Gasteiger partial charge < -0.3 is 15.2 Å². The molecule has 0 radical (unpaired) electrons. The normalized spacial score (nSPS) is 12.1. The van der Waals surface area contributed by atoms with E-state index in [4.69, 9.17) is 9.84 Å². The molecule has 0 amide bonds. The summed E-state index contributed by atoms with van der Waals surface area (Å²) >= 11 is 0. The number of ether oxygens (including phenoxy) is 1. The van der Waals surface area contributed by atoms with Gasteiger partial charge in [-0.1, -0.05) is 25.8 Å². The average molecular weight is 252 g/mol. The molecule has 1 rings (SSSR count). The minimum Gasteiger partial charge on any atom is -0.477 e. The van der Waals surface area contributed by atoms with Crippen molar-refractivity contribution in [3.05, 3.63) is 23.9 Å². The fourth-order valence-electron chi connectivity index (χ4n) is 1.69. The maximum atomic E-state index is 10.8. The number of anilines is 1. The molecule has 5 heteroatoms. The van der Waals surface area contributed by atoms with Crippen LogP contribution in [-0.4, -0.2) is 35.8 Å². The maximum absolute atomic E-state index is 10.8. The molecule has 0 fully saturated rings. The van der Waals surface area contributed by atoms with Crippen LogP contribution in [0, 0.1) is 0 Å². The van der Waals surface area contributed by atoms with Crippen LogP contribution in [0.15, 0.2) is 18.2 Å². The number of rotatable bonds is 8. The molecule has 0 aliphatic rings. The number of hydrogen-bond acceptors (Lipinski definition) is 4. The first-order chi connectivity index (χ1) is 8.67. The third-order valence-corrected chi connectivity index (χ3v) is 2.59. The molecule has 1 atom stereocenters. The molecule has 0 bridgehead atoms. The summed E-state index contributed by atoms with van der Waals surface area (Å²) in [4.78, 5) is 14.9. The van der Waals surface area contributed by atoms with Gasteiger partial charge in [-0.15, -0.1) is 0 Å². The minimum atomic E-state index is -1.02. The number of unbranched alkanes of at least 4 members (excludes halogenated alkanes) is 1. The molecule has 0 aliphatic heterocycles. The lowest BCUT2D eigenvalue weighted by Gasteiger charge is -2.18. The topological polar surface area (TPSA) is 71.5 Å². The fourth-order valence-corrected chi connectivity index (χ4v) is 1.69. The van der Waals surface area contributed by atoms with E-state index in [2.05, 4.69) is 17.2 Å². The van der Waals surface area contributed by atoms with Crippen LogP contribution >= 0.6 is 0 Å². The third-order valence-electron chi connectivity index (χ3n) is 2.59. The highest BCUT2D eigenvalue weighted by molar-refractivity contribution is 5.85. The summed E-state index contributed by atoms with van der Waals surface area (Å²) in [6.45, 7) is 2.71. The Morgan fingerprint density at radius 3 is 2.94 bits per heavy atom. The van der Waals surface area contributed by atoms with Crippen LogP contribution in [0.5, 0.6) is 0 Å². The first kappa shape index (κ1) is 14.4. The van der Waals surface area contributed by atoms with Crippen molar-refractivity contribution < 1.29 is 14.6 Å². The number of carboxylic acid groups (broad SMARTS) is 1. The van der Waals surface area contributed by atoms with Gasteiger partial charge in [-0.3, -0.25) is 0 Å². The van der Waals surface area contributed by atoms with Crippen molar-refractivity contribution >= 4 is 11.8 Å². The molecule has 18 heavy (non-hydrogen) atoms. The van der Waals surface area contributed by atoms with Crippen LogP contribution in [0.25, 0.3) is 0 Å². The van der Waals surface area contributed by atoms with Gasteiger partial charge in [0.1, 0.15) is 5.82 Å². The van der Waals surface area contributed by atoms with Gasteiger partial charge in [-0.2, -0.15) is 0 Å². The Morgan fingerprint density at radius 2 is 2.33 bits per heavy atom.